The van der Waals surface area contributed by atoms with E-state index in [9.17, 15) is 9.18 Å². The van der Waals surface area contributed by atoms with Gasteiger partial charge < -0.3 is 15.0 Å². The Morgan fingerprint density at radius 2 is 2.15 bits per heavy atom. The lowest BCUT2D eigenvalue weighted by Gasteiger charge is -2.17. The number of nitrogens with zero attached hydrogens (tertiary/aromatic N) is 1. The van der Waals surface area contributed by atoms with Crippen LogP contribution in [-0.4, -0.2) is 38.6 Å². The number of carbonyl (C=O) groups is 1. The molecule has 1 N–H and O–H groups in total. The molecule has 20 heavy (non-hydrogen) atoms. The van der Waals surface area contributed by atoms with Crippen molar-refractivity contribution < 1.29 is 13.9 Å². The van der Waals surface area contributed by atoms with E-state index in [1.807, 2.05) is 14.0 Å². The summed E-state index contributed by atoms with van der Waals surface area (Å²) in [6, 6.07) is 4.49. The zero-order valence-corrected chi connectivity index (χ0v) is 12.6. The molecule has 112 valence electrons. The summed E-state index contributed by atoms with van der Waals surface area (Å²) in [6.45, 7) is 2.38. The van der Waals surface area contributed by atoms with E-state index in [0.29, 0.717) is 25.2 Å². The van der Waals surface area contributed by atoms with E-state index in [1.54, 1.807) is 25.1 Å². The van der Waals surface area contributed by atoms with Crippen LogP contribution in [-0.2, 0) is 4.79 Å². The minimum Gasteiger partial charge on any atom is -0.493 e. The standard InChI is InChI=1S/C15H23FN2O2/c1-11(17-2)13-10-12(16)7-8-14(13)20-9-5-6-15(19)18(3)4/h7-8,10-11,17H,5-6,9H2,1-4H3. The van der Waals surface area contributed by atoms with Gasteiger partial charge in [-0.15, -0.1) is 0 Å². The first-order chi connectivity index (χ1) is 9.45. The molecule has 5 heteroatoms. The molecular formula is C15H23FN2O2. The molecule has 0 heterocycles. The minimum atomic E-state index is -0.280. The highest BCUT2D eigenvalue weighted by Gasteiger charge is 2.11. The van der Waals surface area contributed by atoms with Gasteiger partial charge in [-0.1, -0.05) is 0 Å². The minimum absolute atomic E-state index is 0.00380. The second-order valence-corrected chi connectivity index (χ2v) is 4.93. The SMILES string of the molecule is CNC(C)c1cc(F)ccc1OCCCC(=O)N(C)C. The Labute approximate surface area is 119 Å². The number of hydrogen-bond acceptors (Lipinski definition) is 3. The predicted molar refractivity (Wildman–Crippen MR) is 77.3 cm³/mol. The van der Waals surface area contributed by atoms with Crippen LogP contribution < -0.4 is 10.1 Å². The van der Waals surface area contributed by atoms with Crippen molar-refractivity contribution in [2.45, 2.75) is 25.8 Å². The molecule has 1 unspecified atom stereocenters. The number of benzene rings is 1. The Morgan fingerprint density at radius 1 is 1.45 bits per heavy atom. The van der Waals surface area contributed by atoms with E-state index in [0.717, 1.165) is 5.56 Å². The molecule has 1 aromatic rings. The summed E-state index contributed by atoms with van der Waals surface area (Å²) < 4.78 is 19.0. The summed E-state index contributed by atoms with van der Waals surface area (Å²) in [6.07, 6.45) is 1.09. The van der Waals surface area contributed by atoms with E-state index in [4.69, 9.17) is 4.74 Å². The number of carbonyl (C=O) groups excluding carboxylic acids is 1. The first-order valence-electron chi connectivity index (χ1n) is 6.75. The topological polar surface area (TPSA) is 41.6 Å². The molecule has 0 bridgehead atoms. The molecule has 0 fully saturated rings. The molecule has 0 aromatic heterocycles. The molecule has 0 radical (unpaired) electrons. The van der Waals surface area contributed by atoms with Crippen LogP contribution in [0.25, 0.3) is 0 Å². The smallest absolute Gasteiger partial charge is 0.222 e. The maximum Gasteiger partial charge on any atom is 0.222 e. The number of rotatable bonds is 7. The van der Waals surface area contributed by atoms with E-state index >= 15 is 0 Å². The van der Waals surface area contributed by atoms with Gasteiger partial charge in [0.15, 0.2) is 0 Å². The molecule has 4 nitrogen and oxygen atoms in total. The average Bonchev–Trinajstić information content (AvgIpc) is 2.43. The highest BCUT2D eigenvalue weighted by atomic mass is 19.1. The van der Waals surface area contributed by atoms with Crippen molar-refractivity contribution in [2.75, 3.05) is 27.7 Å². The Hall–Kier alpha value is -1.62. The maximum atomic E-state index is 13.3. The van der Waals surface area contributed by atoms with E-state index in [2.05, 4.69) is 5.32 Å². The summed E-state index contributed by atoms with van der Waals surface area (Å²) in [4.78, 5) is 13.0. The quantitative estimate of drug-likeness (QED) is 0.781. The van der Waals surface area contributed by atoms with Crippen molar-refractivity contribution in [1.29, 1.82) is 0 Å². The average molecular weight is 282 g/mol. The third-order valence-corrected chi connectivity index (χ3v) is 3.16. The second-order valence-electron chi connectivity index (χ2n) is 4.93. The van der Waals surface area contributed by atoms with E-state index < -0.39 is 0 Å². The van der Waals surface area contributed by atoms with Gasteiger partial charge in [0.2, 0.25) is 5.91 Å². The third-order valence-electron chi connectivity index (χ3n) is 3.16. The number of amides is 1. The van der Waals surface area contributed by atoms with Crippen LogP contribution in [0.15, 0.2) is 18.2 Å². The first kappa shape index (κ1) is 16.4. The van der Waals surface area contributed by atoms with Gasteiger partial charge in [-0.3, -0.25) is 4.79 Å². The molecule has 1 atom stereocenters. The number of halogens is 1. The molecule has 0 spiro atoms. The molecular weight excluding hydrogens is 259 g/mol. The predicted octanol–water partition coefficient (Wildman–Crippen LogP) is 2.35. The van der Waals surface area contributed by atoms with Gasteiger partial charge in [-0.25, -0.2) is 4.39 Å². The summed E-state index contributed by atoms with van der Waals surface area (Å²) in [5.41, 5.74) is 0.784. The van der Waals surface area contributed by atoms with Crippen molar-refractivity contribution in [3.05, 3.63) is 29.6 Å². The number of ether oxygens (including phenoxy) is 1. The van der Waals surface area contributed by atoms with Crippen molar-refractivity contribution in [1.82, 2.24) is 10.2 Å². The normalized spacial score (nSPS) is 12.1. The fourth-order valence-electron chi connectivity index (χ4n) is 1.77. The lowest BCUT2D eigenvalue weighted by molar-refractivity contribution is -0.128. The zero-order chi connectivity index (χ0) is 15.1. The van der Waals surface area contributed by atoms with Crippen LogP contribution in [0.5, 0.6) is 5.75 Å². The highest BCUT2D eigenvalue weighted by molar-refractivity contribution is 5.75. The van der Waals surface area contributed by atoms with Gasteiger partial charge in [0.1, 0.15) is 11.6 Å². The van der Waals surface area contributed by atoms with Crippen LogP contribution in [0, 0.1) is 5.82 Å². The van der Waals surface area contributed by atoms with Gasteiger partial charge >= 0.3 is 0 Å². The fourth-order valence-corrected chi connectivity index (χ4v) is 1.77. The molecule has 1 rings (SSSR count). The van der Waals surface area contributed by atoms with Crippen molar-refractivity contribution in [3.8, 4) is 5.75 Å². The molecule has 0 saturated carbocycles. The summed E-state index contributed by atoms with van der Waals surface area (Å²) in [5, 5.41) is 3.06. The molecule has 0 aliphatic rings. The largest absolute Gasteiger partial charge is 0.493 e. The molecule has 1 aromatic carbocycles. The van der Waals surface area contributed by atoms with Crippen molar-refractivity contribution in [2.24, 2.45) is 0 Å². The van der Waals surface area contributed by atoms with Crippen molar-refractivity contribution >= 4 is 5.91 Å². The molecule has 0 aliphatic carbocycles. The van der Waals surface area contributed by atoms with Crippen LogP contribution in [0.3, 0.4) is 0 Å². The summed E-state index contributed by atoms with van der Waals surface area (Å²) in [5.74, 6) is 0.458. The van der Waals surface area contributed by atoms with Crippen LogP contribution >= 0.6 is 0 Å². The fraction of sp³-hybridized carbons (Fsp3) is 0.533. The van der Waals surface area contributed by atoms with Crippen LogP contribution in [0.1, 0.15) is 31.4 Å². The summed E-state index contributed by atoms with van der Waals surface area (Å²) >= 11 is 0. The Morgan fingerprint density at radius 3 is 2.75 bits per heavy atom. The van der Waals surface area contributed by atoms with Crippen LogP contribution in [0.2, 0.25) is 0 Å². The zero-order valence-electron chi connectivity index (χ0n) is 12.6. The van der Waals surface area contributed by atoms with Gasteiger partial charge in [-0.05, 0) is 38.6 Å². The summed E-state index contributed by atoms with van der Waals surface area (Å²) in [7, 11) is 5.28. The maximum absolute atomic E-state index is 13.3. The number of hydrogen-bond donors (Lipinski definition) is 1. The highest BCUT2D eigenvalue weighted by Crippen LogP contribution is 2.26. The van der Waals surface area contributed by atoms with E-state index in [1.165, 1.54) is 12.1 Å². The van der Waals surface area contributed by atoms with Gasteiger partial charge in [-0.2, -0.15) is 0 Å². The lowest BCUT2D eigenvalue weighted by atomic mass is 10.1. The third kappa shape index (κ3) is 4.81. The Bertz CT molecular complexity index is 449. The van der Waals surface area contributed by atoms with Gasteiger partial charge in [0.25, 0.3) is 0 Å². The van der Waals surface area contributed by atoms with Gasteiger partial charge in [0, 0.05) is 32.1 Å². The molecule has 0 saturated heterocycles. The van der Waals surface area contributed by atoms with E-state index in [-0.39, 0.29) is 17.8 Å². The lowest BCUT2D eigenvalue weighted by Crippen LogP contribution is -2.22. The van der Waals surface area contributed by atoms with Crippen LogP contribution in [0.4, 0.5) is 4.39 Å². The Balaban J connectivity index is 2.57. The van der Waals surface area contributed by atoms with Gasteiger partial charge in [0.05, 0.1) is 6.61 Å². The monoisotopic (exact) mass is 282 g/mol. The first-order valence-corrected chi connectivity index (χ1v) is 6.75. The van der Waals surface area contributed by atoms with Crippen molar-refractivity contribution in [3.63, 3.8) is 0 Å². The molecule has 0 aliphatic heterocycles. The molecule has 1 amide bonds. The Kier molecular flexibility index (Phi) is 6.45. The number of nitrogens with one attached hydrogen (secondary N) is 1. The second kappa shape index (κ2) is 7.85.